The average Bonchev–Trinajstić information content (AvgIpc) is 3.04. The van der Waals surface area contributed by atoms with Gasteiger partial charge in [0.25, 0.3) is 5.91 Å². The summed E-state index contributed by atoms with van der Waals surface area (Å²) in [6, 6.07) is 14.0. The van der Waals surface area contributed by atoms with Gasteiger partial charge in [-0.05, 0) is 69.2 Å². The highest BCUT2D eigenvalue weighted by Gasteiger charge is 2.21. The third kappa shape index (κ3) is 5.23. The van der Waals surface area contributed by atoms with Gasteiger partial charge in [-0.2, -0.15) is 0 Å². The number of aryl methyl sites for hydroxylation is 1. The van der Waals surface area contributed by atoms with E-state index in [2.05, 4.69) is 24.0 Å². The second-order valence-electron chi connectivity index (χ2n) is 6.46. The molecule has 1 amide bonds. The standard InChI is InChI=1S/C20H23N3OS2.ClH/c1-14-5-10-17-18(13-14)26-20(21-17)23(12-11-22(2)3)19(24)15-6-8-16(25-4)9-7-15;/h5-10,13H,11-12H2,1-4H3;1H. The van der Waals surface area contributed by atoms with Crippen LogP contribution in [-0.2, 0) is 0 Å². The van der Waals surface area contributed by atoms with Crippen molar-refractivity contribution in [2.45, 2.75) is 11.8 Å². The van der Waals surface area contributed by atoms with Crippen molar-refractivity contribution in [3.8, 4) is 0 Å². The van der Waals surface area contributed by atoms with Crippen LogP contribution in [0.15, 0.2) is 47.4 Å². The Balaban J connectivity index is 0.00000261. The van der Waals surface area contributed by atoms with Crippen LogP contribution in [0.4, 0.5) is 5.13 Å². The Labute approximate surface area is 175 Å². The molecule has 3 aromatic rings. The topological polar surface area (TPSA) is 36.4 Å². The normalized spacial score (nSPS) is 10.9. The molecule has 144 valence electrons. The minimum atomic E-state index is -0.00437. The lowest BCUT2D eigenvalue weighted by Crippen LogP contribution is -2.36. The van der Waals surface area contributed by atoms with Crippen LogP contribution in [0.1, 0.15) is 15.9 Å². The van der Waals surface area contributed by atoms with E-state index in [1.165, 1.54) is 5.56 Å². The summed E-state index contributed by atoms with van der Waals surface area (Å²) in [5.74, 6) is -0.00437. The van der Waals surface area contributed by atoms with E-state index in [1.807, 2.05) is 50.7 Å². The Kier molecular flexibility index (Phi) is 7.68. The molecule has 0 saturated carbocycles. The first-order chi connectivity index (χ1) is 12.5. The number of carbonyl (C=O) groups excluding carboxylic acids is 1. The minimum absolute atomic E-state index is 0. The molecule has 4 nitrogen and oxygen atoms in total. The molecule has 7 heteroatoms. The molecule has 0 radical (unpaired) electrons. The smallest absolute Gasteiger partial charge is 0.260 e. The molecule has 27 heavy (non-hydrogen) atoms. The summed E-state index contributed by atoms with van der Waals surface area (Å²) in [5.41, 5.74) is 2.83. The molecule has 0 saturated heterocycles. The quantitative estimate of drug-likeness (QED) is 0.527. The molecule has 0 aliphatic carbocycles. The van der Waals surface area contributed by atoms with Crippen LogP contribution in [0.5, 0.6) is 0 Å². The van der Waals surface area contributed by atoms with Crippen molar-refractivity contribution in [1.29, 1.82) is 0 Å². The Hall–Kier alpha value is -1.60. The third-order valence-electron chi connectivity index (χ3n) is 4.12. The fourth-order valence-electron chi connectivity index (χ4n) is 2.61. The summed E-state index contributed by atoms with van der Waals surface area (Å²) in [7, 11) is 4.02. The molecule has 1 heterocycles. The Morgan fingerprint density at radius 3 is 2.44 bits per heavy atom. The number of fused-ring (bicyclic) bond motifs is 1. The zero-order chi connectivity index (χ0) is 18.7. The number of nitrogens with zero attached hydrogens (tertiary/aromatic N) is 3. The number of hydrogen-bond acceptors (Lipinski definition) is 5. The number of thioether (sulfide) groups is 1. The first-order valence-corrected chi connectivity index (χ1v) is 10.5. The molecule has 0 fully saturated rings. The Morgan fingerprint density at radius 1 is 1.11 bits per heavy atom. The summed E-state index contributed by atoms with van der Waals surface area (Å²) >= 11 is 3.24. The molecule has 0 atom stereocenters. The maximum absolute atomic E-state index is 13.2. The first kappa shape index (κ1) is 21.7. The van der Waals surface area contributed by atoms with Crippen LogP contribution < -0.4 is 4.90 Å². The van der Waals surface area contributed by atoms with Crippen LogP contribution in [0, 0.1) is 6.92 Å². The molecular weight excluding hydrogens is 398 g/mol. The molecular formula is C20H24ClN3OS2. The lowest BCUT2D eigenvalue weighted by Gasteiger charge is -2.22. The van der Waals surface area contributed by atoms with Gasteiger partial charge in [-0.3, -0.25) is 9.69 Å². The van der Waals surface area contributed by atoms with Crippen molar-refractivity contribution in [2.24, 2.45) is 0 Å². The van der Waals surface area contributed by atoms with Crippen LogP contribution in [0.25, 0.3) is 10.2 Å². The van der Waals surface area contributed by atoms with Crippen molar-refractivity contribution < 1.29 is 4.79 Å². The lowest BCUT2D eigenvalue weighted by molar-refractivity contribution is 0.0985. The highest BCUT2D eigenvalue weighted by atomic mass is 35.5. The van der Waals surface area contributed by atoms with E-state index in [4.69, 9.17) is 4.98 Å². The van der Waals surface area contributed by atoms with Crippen LogP contribution >= 0.6 is 35.5 Å². The van der Waals surface area contributed by atoms with Gasteiger partial charge in [-0.25, -0.2) is 4.98 Å². The second kappa shape index (κ2) is 9.55. The molecule has 0 N–H and O–H groups in total. The van der Waals surface area contributed by atoms with Gasteiger partial charge in [-0.15, -0.1) is 24.2 Å². The van der Waals surface area contributed by atoms with Gasteiger partial charge in [0.05, 0.1) is 10.2 Å². The number of amides is 1. The number of likely N-dealkylation sites (N-methyl/N-ethyl adjacent to an activating group) is 1. The minimum Gasteiger partial charge on any atom is -0.308 e. The Morgan fingerprint density at radius 2 is 1.81 bits per heavy atom. The monoisotopic (exact) mass is 421 g/mol. The van der Waals surface area contributed by atoms with Crippen LogP contribution in [0.2, 0.25) is 0 Å². The van der Waals surface area contributed by atoms with Gasteiger partial charge in [0.15, 0.2) is 5.13 Å². The third-order valence-corrected chi connectivity index (χ3v) is 5.90. The van der Waals surface area contributed by atoms with E-state index in [1.54, 1.807) is 28.0 Å². The molecule has 1 aromatic heterocycles. The number of halogens is 1. The van der Waals surface area contributed by atoms with Gasteiger partial charge in [0, 0.05) is 23.5 Å². The first-order valence-electron chi connectivity index (χ1n) is 8.46. The van der Waals surface area contributed by atoms with Gasteiger partial charge in [-0.1, -0.05) is 17.4 Å². The fraction of sp³-hybridized carbons (Fsp3) is 0.300. The second-order valence-corrected chi connectivity index (χ2v) is 8.34. The van der Waals surface area contributed by atoms with E-state index in [0.29, 0.717) is 12.1 Å². The van der Waals surface area contributed by atoms with Crippen LogP contribution in [-0.4, -0.2) is 49.2 Å². The maximum atomic E-state index is 13.2. The van der Waals surface area contributed by atoms with Gasteiger partial charge in [0.2, 0.25) is 0 Å². The number of anilines is 1. The number of rotatable bonds is 6. The van der Waals surface area contributed by atoms with Crippen molar-refractivity contribution in [1.82, 2.24) is 9.88 Å². The molecule has 0 aliphatic rings. The average molecular weight is 422 g/mol. The molecule has 0 bridgehead atoms. The Bertz CT molecular complexity index is 909. The van der Waals surface area contributed by atoms with Gasteiger partial charge >= 0.3 is 0 Å². The van der Waals surface area contributed by atoms with Crippen molar-refractivity contribution in [3.05, 3.63) is 53.6 Å². The predicted molar refractivity (Wildman–Crippen MR) is 120 cm³/mol. The number of carbonyl (C=O) groups is 1. The molecule has 3 rings (SSSR count). The van der Waals surface area contributed by atoms with Gasteiger partial charge in [0.1, 0.15) is 0 Å². The van der Waals surface area contributed by atoms with Crippen molar-refractivity contribution >= 4 is 56.8 Å². The largest absolute Gasteiger partial charge is 0.308 e. The summed E-state index contributed by atoms with van der Waals surface area (Å²) in [5, 5.41) is 0.756. The number of thiazole rings is 1. The predicted octanol–water partition coefficient (Wildman–Crippen LogP) is 4.96. The summed E-state index contributed by atoms with van der Waals surface area (Å²) in [4.78, 5) is 22.9. The lowest BCUT2D eigenvalue weighted by atomic mass is 10.2. The highest BCUT2D eigenvalue weighted by Crippen LogP contribution is 2.30. The number of hydrogen-bond donors (Lipinski definition) is 0. The SMILES string of the molecule is CSc1ccc(C(=O)N(CCN(C)C)c2nc3ccc(C)cc3s2)cc1.Cl. The number of benzene rings is 2. The molecule has 0 unspecified atom stereocenters. The van der Waals surface area contributed by atoms with E-state index in [9.17, 15) is 4.79 Å². The van der Waals surface area contributed by atoms with E-state index in [0.717, 1.165) is 26.8 Å². The maximum Gasteiger partial charge on any atom is 0.260 e. The molecule has 2 aromatic carbocycles. The van der Waals surface area contributed by atoms with E-state index in [-0.39, 0.29) is 18.3 Å². The zero-order valence-electron chi connectivity index (χ0n) is 15.9. The summed E-state index contributed by atoms with van der Waals surface area (Å²) in [6.07, 6.45) is 2.03. The van der Waals surface area contributed by atoms with E-state index < -0.39 is 0 Å². The van der Waals surface area contributed by atoms with Crippen molar-refractivity contribution in [2.75, 3.05) is 38.3 Å². The summed E-state index contributed by atoms with van der Waals surface area (Å²) in [6.45, 7) is 3.46. The summed E-state index contributed by atoms with van der Waals surface area (Å²) < 4.78 is 1.11. The fourth-order valence-corrected chi connectivity index (χ4v) is 4.11. The highest BCUT2D eigenvalue weighted by molar-refractivity contribution is 7.98. The van der Waals surface area contributed by atoms with Crippen LogP contribution in [0.3, 0.4) is 0 Å². The molecule has 0 aliphatic heterocycles. The molecule has 0 spiro atoms. The van der Waals surface area contributed by atoms with Gasteiger partial charge < -0.3 is 4.90 Å². The zero-order valence-corrected chi connectivity index (χ0v) is 18.4. The van der Waals surface area contributed by atoms with Crippen molar-refractivity contribution in [3.63, 3.8) is 0 Å². The number of aromatic nitrogens is 1. The van der Waals surface area contributed by atoms with E-state index >= 15 is 0 Å².